The summed E-state index contributed by atoms with van der Waals surface area (Å²) in [6.45, 7) is 0. The second-order valence-electron chi connectivity index (χ2n) is 7.10. The summed E-state index contributed by atoms with van der Waals surface area (Å²) in [5.41, 5.74) is 2.23. The Labute approximate surface area is 170 Å². The van der Waals surface area contributed by atoms with Gasteiger partial charge in [0.2, 0.25) is 10.0 Å². The number of aromatic amines is 1. The van der Waals surface area contributed by atoms with Gasteiger partial charge in [0, 0.05) is 18.2 Å². The lowest BCUT2D eigenvalue weighted by atomic mass is 10.1. The number of hydrogen-bond acceptors (Lipinski definition) is 5. The van der Waals surface area contributed by atoms with Gasteiger partial charge >= 0.3 is 0 Å². The summed E-state index contributed by atoms with van der Waals surface area (Å²) in [7, 11) is -4.02. The van der Waals surface area contributed by atoms with Crippen LogP contribution in [0, 0.1) is 5.82 Å². The molecule has 5 rings (SSSR count). The van der Waals surface area contributed by atoms with Gasteiger partial charge in [0.1, 0.15) is 10.7 Å². The molecule has 0 unspecified atom stereocenters. The summed E-state index contributed by atoms with van der Waals surface area (Å²) in [5, 5.41) is 8.30. The molecule has 2 N–H and O–H groups in total. The highest BCUT2D eigenvalue weighted by molar-refractivity contribution is 7.89. The number of hydrogen-bond donors (Lipinski definition) is 2. The monoisotopic (exact) mass is 434 g/mol. The minimum Gasteiger partial charge on any atom is -0.345 e. The first-order valence-corrected chi connectivity index (χ1v) is 10.9. The normalized spacial score (nSPS) is 20.1. The van der Waals surface area contributed by atoms with Crippen LogP contribution in [0.25, 0.3) is 16.8 Å². The third kappa shape index (κ3) is 3.07. The predicted molar refractivity (Wildman–Crippen MR) is 105 cm³/mol. The third-order valence-corrected chi connectivity index (χ3v) is 7.12. The number of H-pyrrole nitrogens is 1. The number of sulfonamides is 1. The van der Waals surface area contributed by atoms with E-state index in [0.717, 1.165) is 23.4 Å². The molecule has 1 saturated carbocycles. The van der Waals surface area contributed by atoms with Crippen molar-refractivity contribution in [3.05, 3.63) is 53.3 Å². The van der Waals surface area contributed by atoms with Crippen molar-refractivity contribution in [2.24, 2.45) is 0 Å². The van der Waals surface area contributed by atoms with E-state index in [1.54, 1.807) is 12.4 Å². The molecule has 8 nitrogen and oxygen atoms in total. The van der Waals surface area contributed by atoms with Crippen LogP contribution in [-0.4, -0.2) is 39.0 Å². The van der Waals surface area contributed by atoms with E-state index in [1.807, 2.05) is 10.5 Å². The molecule has 3 aromatic heterocycles. The van der Waals surface area contributed by atoms with Crippen LogP contribution < -0.4 is 4.72 Å². The molecule has 1 aliphatic rings. The van der Waals surface area contributed by atoms with Crippen molar-refractivity contribution in [2.45, 2.75) is 36.1 Å². The first-order chi connectivity index (χ1) is 13.9. The van der Waals surface area contributed by atoms with Crippen molar-refractivity contribution in [3.8, 4) is 0 Å². The zero-order valence-corrected chi connectivity index (χ0v) is 16.6. The van der Waals surface area contributed by atoms with E-state index < -0.39 is 20.7 Å². The van der Waals surface area contributed by atoms with Crippen molar-refractivity contribution < 1.29 is 12.8 Å². The minimum absolute atomic E-state index is 0.0161. The lowest BCUT2D eigenvalue weighted by Crippen LogP contribution is -2.33. The number of benzene rings is 1. The van der Waals surface area contributed by atoms with Gasteiger partial charge in [0.05, 0.1) is 16.7 Å². The Morgan fingerprint density at radius 2 is 2.10 bits per heavy atom. The highest BCUT2D eigenvalue weighted by Gasteiger charge is 2.33. The van der Waals surface area contributed by atoms with E-state index in [1.165, 1.54) is 18.2 Å². The maximum Gasteiger partial charge on any atom is 0.243 e. The number of fused-ring (bicyclic) bond motifs is 3. The van der Waals surface area contributed by atoms with Crippen LogP contribution in [-0.2, 0) is 10.0 Å². The van der Waals surface area contributed by atoms with E-state index in [-0.39, 0.29) is 17.0 Å². The largest absolute Gasteiger partial charge is 0.345 e. The molecule has 0 aliphatic heterocycles. The average Bonchev–Trinajstić information content (AvgIpc) is 3.40. The summed E-state index contributed by atoms with van der Waals surface area (Å²) in [4.78, 5) is 6.92. The maximum absolute atomic E-state index is 14.2. The van der Waals surface area contributed by atoms with E-state index in [9.17, 15) is 12.8 Å². The zero-order chi connectivity index (χ0) is 20.2. The second kappa shape index (κ2) is 6.75. The van der Waals surface area contributed by atoms with E-state index in [0.29, 0.717) is 18.5 Å². The molecule has 1 aromatic carbocycles. The van der Waals surface area contributed by atoms with Crippen molar-refractivity contribution in [1.82, 2.24) is 29.3 Å². The number of aromatic nitrogens is 5. The molecule has 29 heavy (non-hydrogen) atoms. The fraction of sp³-hybridized carbons (Fsp3) is 0.278. The fourth-order valence-electron chi connectivity index (χ4n) is 3.96. The second-order valence-corrected chi connectivity index (χ2v) is 9.19. The van der Waals surface area contributed by atoms with E-state index >= 15 is 0 Å². The van der Waals surface area contributed by atoms with Gasteiger partial charge in [-0.05, 0) is 37.5 Å². The minimum atomic E-state index is -4.02. The Kier molecular flexibility index (Phi) is 4.30. The van der Waals surface area contributed by atoms with Crippen molar-refractivity contribution >= 4 is 38.4 Å². The molecule has 3 heterocycles. The SMILES string of the molecule is O=S(=O)(N[C@H]1CC[C@@H](c2nnc3cnc4[nH]ccc4n23)C1)c1cccc(Cl)c1F. The van der Waals surface area contributed by atoms with Gasteiger partial charge in [-0.2, -0.15) is 0 Å². The zero-order valence-electron chi connectivity index (χ0n) is 15.0. The molecule has 150 valence electrons. The standard InChI is InChI=1S/C18H16ClFN6O2S/c19-12-2-1-3-14(16(12)20)29(27,28)25-11-5-4-10(8-11)18-24-23-15-9-22-17-13(26(15)18)6-7-21-17/h1-3,6-7,9-11,21,25H,4-5,8H2/t10-,11+/m1/s1. The van der Waals surface area contributed by atoms with Crippen molar-refractivity contribution in [2.75, 3.05) is 0 Å². The van der Waals surface area contributed by atoms with Crippen LogP contribution in [0.2, 0.25) is 5.02 Å². The van der Waals surface area contributed by atoms with Gasteiger partial charge < -0.3 is 4.98 Å². The maximum atomic E-state index is 14.2. The fourth-order valence-corrected chi connectivity index (χ4v) is 5.57. The highest BCUT2D eigenvalue weighted by Crippen LogP contribution is 2.35. The first kappa shape index (κ1) is 18.5. The molecule has 0 saturated heterocycles. The summed E-state index contributed by atoms with van der Waals surface area (Å²) < 4.78 is 44.0. The lowest BCUT2D eigenvalue weighted by molar-refractivity contribution is 0.533. The molecule has 0 spiro atoms. The third-order valence-electron chi connectivity index (χ3n) is 5.29. The smallest absolute Gasteiger partial charge is 0.243 e. The predicted octanol–water partition coefficient (Wildman–Crippen LogP) is 3.01. The lowest BCUT2D eigenvalue weighted by Gasteiger charge is -2.14. The Morgan fingerprint density at radius 1 is 1.24 bits per heavy atom. The Morgan fingerprint density at radius 3 is 2.97 bits per heavy atom. The van der Waals surface area contributed by atoms with Crippen molar-refractivity contribution in [1.29, 1.82) is 0 Å². The molecule has 1 aliphatic carbocycles. The number of nitrogens with one attached hydrogen (secondary N) is 2. The van der Waals surface area contributed by atoms with Crippen LogP contribution in [0.3, 0.4) is 0 Å². The van der Waals surface area contributed by atoms with Gasteiger partial charge in [-0.1, -0.05) is 17.7 Å². The van der Waals surface area contributed by atoms with Crippen LogP contribution >= 0.6 is 11.6 Å². The molecular weight excluding hydrogens is 419 g/mol. The number of rotatable bonds is 4. The average molecular weight is 435 g/mol. The van der Waals surface area contributed by atoms with Gasteiger partial charge in [-0.25, -0.2) is 22.5 Å². The van der Waals surface area contributed by atoms with Crippen LogP contribution in [0.5, 0.6) is 0 Å². The van der Waals surface area contributed by atoms with Crippen molar-refractivity contribution in [3.63, 3.8) is 0 Å². The molecule has 1 fully saturated rings. The van der Waals surface area contributed by atoms with Crippen LogP contribution in [0.4, 0.5) is 4.39 Å². The van der Waals surface area contributed by atoms with Crippen LogP contribution in [0.1, 0.15) is 31.0 Å². The Balaban J connectivity index is 1.41. The summed E-state index contributed by atoms with van der Waals surface area (Å²) in [5.74, 6) is -0.160. The molecule has 4 aromatic rings. The summed E-state index contributed by atoms with van der Waals surface area (Å²) in [6.07, 6.45) is 5.33. The highest BCUT2D eigenvalue weighted by atomic mass is 35.5. The molecule has 0 amide bonds. The summed E-state index contributed by atoms with van der Waals surface area (Å²) in [6, 6.07) is 5.50. The topological polar surface area (TPSA) is 105 Å². The molecule has 0 bridgehead atoms. The van der Waals surface area contributed by atoms with Crippen LogP contribution in [0.15, 0.2) is 41.6 Å². The van der Waals surface area contributed by atoms with E-state index in [4.69, 9.17) is 11.6 Å². The molecule has 2 atom stereocenters. The number of nitrogens with zero attached hydrogens (tertiary/aromatic N) is 4. The van der Waals surface area contributed by atoms with Gasteiger partial charge in [0.25, 0.3) is 0 Å². The molecule has 0 radical (unpaired) electrons. The quantitative estimate of drug-likeness (QED) is 0.513. The Bertz CT molecular complexity index is 1330. The molecular formula is C18H16ClFN6O2S. The molecule has 11 heteroatoms. The van der Waals surface area contributed by atoms with Gasteiger partial charge in [-0.15, -0.1) is 10.2 Å². The Hall–Kier alpha value is -2.56. The number of halogens is 2. The van der Waals surface area contributed by atoms with Gasteiger partial charge in [-0.3, -0.25) is 4.40 Å². The summed E-state index contributed by atoms with van der Waals surface area (Å²) >= 11 is 5.73. The first-order valence-electron chi connectivity index (χ1n) is 9.07. The van der Waals surface area contributed by atoms with E-state index in [2.05, 4.69) is 24.9 Å². The van der Waals surface area contributed by atoms with Gasteiger partial charge in [0.15, 0.2) is 17.1 Å².